The van der Waals surface area contributed by atoms with Crippen molar-refractivity contribution in [1.82, 2.24) is 5.32 Å². The van der Waals surface area contributed by atoms with Gasteiger partial charge in [-0.3, -0.25) is 14.9 Å². The number of rotatable bonds is 5. The molecule has 0 spiro atoms. The molecule has 2 heterocycles. The van der Waals surface area contributed by atoms with E-state index in [9.17, 15) is 14.9 Å². The summed E-state index contributed by atoms with van der Waals surface area (Å²) in [5.41, 5.74) is 3.15. The number of carbonyl (C=O) groups excluding carboxylic acids is 1. The van der Waals surface area contributed by atoms with Crippen LogP contribution in [0.25, 0.3) is 0 Å². The molecule has 30 heavy (non-hydrogen) atoms. The van der Waals surface area contributed by atoms with Crippen LogP contribution in [0.1, 0.15) is 25.8 Å². The monoisotopic (exact) mass is 408 g/mol. The first-order valence-electron chi connectivity index (χ1n) is 10.6. The van der Waals surface area contributed by atoms with E-state index in [1.165, 1.54) is 0 Å². The molecule has 3 atom stereocenters. The van der Waals surface area contributed by atoms with Crippen LogP contribution < -0.4 is 15.1 Å². The van der Waals surface area contributed by atoms with Crippen LogP contribution in [0.2, 0.25) is 0 Å². The second-order valence-electron chi connectivity index (χ2n) is 8.24. The molecule has 1 amide bonds. The first-order valence-corrected chi connectivity index (χ1v) is 10.6. The fourth-order valence-corrected chi connectivity index (χ4v) is 4.55. The Bertz CT molecular complexity index is 933. The van der Waals surface area contributed by atoms with Crippen LogP contribution in [0.5, 0.6) is 0 Å². The topological polar surface area (TPSA) is 78.7 Å². The number of non-ortho nitro benzene ring substituents is 1. The smallest absolute Gasteiger partial charge is 0.269 e. The van der Waals surface area contributed by atoms with Crippen molar-refractivity contribution in [3.05, 3.63) is 64.2 Å². The Morgan fingerprint density at radius 1 is 1.23 bits per heavy atom. The third-order valence-electron chi connectivity index (χ3n) is 6.37. The van der Waals surface area contributed by atoms with Gasteiger partial charge in [-0.25, -0.2) is 0 Å². The van der Waals surface area contributed by atoms with Crippen LogP contribution in [0.15, 0.2) is 48.5 Å². The average molecular weight is 409 g/mol. The molecule has 1 N–H and O–H groups in total. The standard InChI is InChI=1S/C23H28N4O3/c1-3-16(2)24-23(28)20-14-17-13-19(27(29)30)9-10-21(17)26-12-11-25(15-22(20)26)18-7-5-4-6-8-18/h4-10,13,16,20,22H,3,11-12,14-15H2,1-2H3,(H,24,28)/t16-,20-,22+/m0/s1. The number of carbonyl (C=O) groups is 1. The van der Waals surface area contributed by atoms with Crippen molar-refractivity contribution in [2.24, 2.45) is 5.92 Å². The van der Waals surface area contributed by atoms with E-state index in [1.807, 2.05) is 31.2 Å². The van der Waals surface area contributed by atoms with Crippen molar-refractivity contribution in [1.29, 1.82) is 0 Å². The lowest BCUT2D eigenvalue weighted by Gasteiger charge is -2.49. The van der Waals surface area contributed by atoms with E-state index < -0.39 is 0 Å². The van der Waals surface area contributed by atoms with Crippen LogP contribution >= 0.6 is 0 Å². The molecule has 7 nitrogen and oxygen atoms in total. The number of nitrogens with one attached hydrogen (secondary N) is 1. The number of anilines is 2. The first-order chi connectivity index (χ1) is 14.5. The second-order valence-corrected chi connectivity index (χ2v) is 8.24. The highest BCUT2D eigenvalue weighted by molar-refractivity contribution is 5.82. The van der Waals surface area contributed by atoms with E-state index in [4.69, 9.17) is 0 Å². The molecule has 0 bridgehead atoms. The van der Waals surface area contributed by atoms with Gasteiger partial charge in [0.25, 0.3) is 5.69 Å². The summed E-state index contributed by atoms with van der Waals surface area (Å²) >= 11 is 0. The lowest BCUT2D eigenvalue weighted by Crippen LogP contribution is -2.61. The van der Waals surface area contributed by atoms with E-state index in [1.54, 1.807) is 12.1 Å². The summed E-state index contributed by atoms with van der Waals surface area (Å²) in [7, 11) is 0. The minimum Gasteiger partial charge on any atom is -0.368 e. The van der Waals surface area contributed by atoms with Gasteiger partial charge in [-0.05, 0) is 43.5 Å². The fourth-order valence-electron chi connectivity index (χ4n) is 4.55. The van der Waals surface area contributed by atoms with Crippen molar-refractivity contribution >= 4 is 23.0 Å². The third-order valence-corrected chi connectivity index (χ3v) is 6.37. The Morgan fingerprint density at radius 3 is 2.70 bits per heavy atom. The van der Waals surface area contributed by atoms with Gasteiger partial charge in [0, 0.05) is 49.2 Å². The zero-order valence-electron chi connectivity index (χ0n) is 17.5. The summed E-state index contributed by atoms with van der Waals surface area (Å²) < 4.78 is 0. The summed E-state index contributed by atoms with van der Waals surface area (Å²) in [5, 5.41) is 14.4. The van der Waals surface area contributed by atoms with Gasteiger partial charge in [0.2, 0.25) is 5.91 Å². The van der Waals surface area contributed by atoms with E-state index >= 15 is 0 Å². The molecule has 0 radical (unpaired) electrons. The van der Waals surface area contributed by atoms with Crippen LogP contribution in [0.3, 0.4) is 0 Å². The second kappa shape index (κ2) is 8.34. The number of piperazine rings is 1. The Balaban J connectivity index is 1.67. The quantitative estimate of drug-likeness (QED) is 0.606. The van der Waals surface area contributed by atoms with Crippen molar-refractivity contribution in [2.75, 3.05) is 29.4 Å². The van der Waals surface area contributed by atoms with Crippen LogP contribution in [-0.2, 0) is 11.2 Å². The number of amides is 1. The molecule has 4 rings (SSSR count). The molecule has 2 aliphatic heterocycles. The van der Waals surface area contributed by atoms with Crippen molar-refractivity contribution in [3.63, 3.8) is 0 Å². The number of hydrogen-bond donors (Lipinski definition) is 1. The highest BCUT2D eigenvalue weighted by Crippen LogP contribution is 2.38. The number of nitro benzene ring substituents is 1. The predicted octanol–water partition coefficient (Wildman–Crippen LogP) is 3.38. The summed E-state index contributed by atoms with van der Waals surface area (Å²) in [6.45, 7) is 6.43. The van der Waals surface area contributed by atoms with E-state index in [2.05, 4.69) is 34.2 Å². The van der Waals surface area contributed by atoms with Gasteiger partial charge in [-0.2, -0.15) is 0 Å². The van der Waals surface area contributed by atoms with Gasteiger partial charge in [0.15, 0.2) is 0 Å². The Kier molecular flexibility index (Phi) is 5.61. The molecule has 1 fully saturated rings. The number of nitro groups is 1. The number of para-hydroxylation sites is 1. The molecule has 158 valence electrons. The minimum atomic E-state index is -0.367. The lowest BCUT2D eigenvalue weighted by atomic mass is 9.83. The summed E-state index contributed by atoms with van der Waals surface area (Å²) in [6, 6.07) is 15.5. The number of hydrogen-bond acceptors (Lipinski definition) is 5. The van der Waals surface area contributed by atoms with E-state index in [-0.39, 0.29) is 34.5 Å². The molecule has 0 unspecified atom stereocenters. The van der Waals surface area contributed by atoms with Crippen molar-refractivity contribution < 1.29 is 9.72 Å². The largest absolute Gasteiger partial charge is 0.368 e. The molecule has 1 saturated heterocycles. The Morgan fingerprint density at radius 2 is 2.00 bits per heavy atom. The summed E-state index contributed by atoms with van der Waals surface area (Å²) in [4.78, 5) is 28.7. The number of nitrogens with zero attached hydrogens (tertiary/aromatic N) is 3. The number of fused-ring (bicyclic) bond motifs is 3. The number of benzene rings is 2. The SMILES string of the molecule is CC[C@H](C)NC(=O)[C@H]1Cc2cc([N+](=O)[O-])ccc2N2CCN(c3ccccc3)C[C@H]12. The fraction of sp³-hybridized carbons (Fsp3) is 0.435. The van der Waals surface area contributed by atoms with E-state index in [0.29, 0.717) is 6.42 Å². The van der Waals surface area contributed by atoms with Gasteiger partial charge >= 0.3 is 0 Å². The van der Waals surface area contributed by atoms with E-state index in [0.717, 1.165) is 43.0 Å². The normalized spacial score (nSPS) is 21.4. The van der Waals surface area contributed by atoms with Gasteiger partial charge < -0.3 is 15.1 Å². The highest BCUT2D eigenvalue weighted by Gasteiger charge is 2.42. The van der Waals surface area contributed by atoms with Gasteiger partial charge in [-0.15, -0.1) is 0 Å². The van der Waals surface area contributed by atoms with Gasteiger partial charge in [-0.1, -0.05) is 25.1 Å². The summed E-state index contributed by atoms with van der Waals surface area (Å²) in [5.74, 6) is -0.216. The predicted molar refractivity (Wildman–Crippen MR) is 118 cm³/mol. The van der Waals surface area contributed by atoms with Crippen LogP contribution in [0, 0.1) is 16.0 Å². The maximum atomic E-state index is 13.2. The molecule has 0 saturated carbocycles. The van der Waals surface area contributed by atoms with Crippen LogP contribution in [-0.4, -0.2) is 42.5 Å². The van der Waals surface area contributed by atoms with Crippen molar-refractivity contribution in [3.8, 4) is 0 Å². The van der Waals surface area contributed by atoms with Gasteiger partial charge in [0.05, 0.1) is 16.9 Å². The van der Waals surface area contributed by atoms with Crippen LogP contribution in [0.4, 0.5) is 17.1 Å². The maximum absolute atomic E-state index is 13.2. The molecule has 7 heteroatoms. The summed E-state index contributed by atoms with van der Waals surface area (Å²) in [6.07, 6.45) is 1.38. The molecule has 2 aromatic rings. The Labute approximate surface area is 176 Å². The third kappa shape index (κ3) is 3.84. The van der Waals surface area contributed by atoms with Gasteiger partial charge in [0.1, 0.15) is 0 Å². The average Bonchev–Trinajstić information content (AvgIpc) is 2.78. The molecule has 2 aliphatic rings. The zero-order chi connectivity index (χ0) is 21.3. The molecule has 0 aliphatic carbocycles. The zero-order valence-corrected chi connectivity index (χ0v) is 17.5. The maximum Gasteiger partial charge on any atom is 0.269 e. The highest BCUT2D eigenvalue weighted by atomic mass is 16.6. The molecule has 0 aromatic heterocycles. The molecule has 2 aromatic carbocycles. The molecular weight excluding hydrogens is 380 g/mol. The Hall–Kier alpha value is -3.09. The molecular formula is C23H28N4O3. The minimum absolute atomic E-state index is 0.0250. The lowest BCUT2D eigenvalue weighted by molar-refractivity contribution is -0.384. The first kappa shape index (κ1) is 20.2. The van der Waals surface area contributed by atoms with Crippen molar-refractivity contribution in [2.45, 2.75) is 38.8 Å².